The van der Waals surface area contributed by atoms with Crippen molar-refractivity contribution in [1.82, 2.24) is 10.2 Å². The SMILES string of the molecule is CCC(Oc1ccc2c(c1)C(c1ccc(F)cc1)N(C(=O)C1CCCC1)CC2)C(=O)NCC(C)C. The monoisotopic (exact) mass is 480 g/mol. The number of nitrogens with zero attached hydrogens (tertiary/aromatic N) is 1. The highest BCUT2D eigenvalue weighted by molar-refractivity contribution is 5.81. The van der Waals surface area contributed by atoms with E-state index >= 15 is 0 Å². The number of carbonyl (C=O) groups excluding carboxylic acids is 2. The molecule has 0 saturated heterocycles. The van der Waals surface area contributed by atoms with Crippen molar-refractivity contribution in [3.05, 3.63) is 65.0 Å². The third-order valence-electron chi connectivity index (χ3n) is 7.14. The molecule has 2 aromatic carbocycles. The minimum atomic E-state index is -0.587. The Morgan fingerprint density at radius 1 is 1.11 bits per heavy atom. The number of hydrogen-bond donors (Lipinski definition) is 1. The summed E-state index contributed by atoms with van der Waals surface area (Å²) in [7, 11) is 0. The van der Waals surface area contributed by atoms with E-state index in [1.165, 1.54) is 12.1 Å². The van der Waals surface area contributed by atoms with Crippen LogP contribution in [0.15, 0.2) is 42.5 Å². The molecule has 0 spiro atoms. The predicted molar refractivity (Wildman–Crippen MR) is 135 cm³/mol. The summed E-state index contributed by atoms with van der Waals surface area (Å²) in [6.07, 6.45) is 4.79. The van der Waals surface area contributed by atoms with E-state index in [4.69, 9.17) is 4.74 Å². The summed E-state index contributed by atoms with van der Waals surface area (Å²) in [6.45, 7) is 7.29. The van der Waals surface area contributed by atoms with Gasteiger partial charge in [0.25, 0.3) is 5.91 Å². The van der Waals surface area contributed by atoms with Gasteiger partial charge in [-0.25, -0.2) is 4.39 Å². The number of amides is 2. The first kappa shape index (κ1) is 25.2. The Balaban J connectivity index is 1.64. The van der Waals surface area contributed by atoms with E-state index in [1.54, 1.807) is 12.1 Å². The van der Waals surface area contributed by atoms with Crippen LogP contribution < -0.4 is 10.1 Å². The summed E-state index contributed by atoms with van der Waals surface area (Å²) in [6, 6.07) is 12.1. The molecule has 1 fully saturated rings. The van der Waals surface area contributed by atoms with Gasteiger partial charge in [-0.1, -0.05) is 51.8 Å². The molecule has 1 saturated carbocycles. The van der Waals surface area contributed by atoms with E-state index in [1.807, 2.05) is 30.0 Å². The number of fused-ring (bicyclic) bond motifs is 1. The van der Waals surface area contributed by atoms with Crippen LogP contribution in [-0.2, 0) is 16.0 Å². The van der Waals surface area contributed by atoms with Gasteiger partial charge >= 0.3 is 0 Å². The molecule has 0 bridgehead atoms. The normalized spacial score (nSPS) is 18.9. The molecule has 1 aliphatic heterocycles. The lowest BCUT2D eigenvalue weighted by Gasteiger charge is -2.39. The summed E-state index contributed by atoms with van der Waals surface area (Å²) >= 11 is 0. The lowest BCUT2D eigenvalue weighted by Crippen LogP contribution is -2.43. The minimum Gasteiger partial charge on any atom is -0.481 e. The topological polar surface area (TPSA) is 58.6 Å². The van der Waals surface area contributed by atoms with Crippen LogP contribution in [0.4, 0.5) is 4.39 Å². The molecule has 4 rings (SSSR count). The average Bonchev–Trinajstić information content (AvgIpc) is 3.40. The highest BCUT2D eigenvalue weighted by atomic mass is 19.1. The molecule has 188 valence electrons. The zero-order chi connectivity index (χ0) is 24.9. The molecule has 6 heteroatoms. The van der Waals surface area contributed by atoms with E-state index in [0.717, 1.165) is 48.8 Å². The summed E-state index contributed by atoms with van der Waals surface area (Å²) in [5.74, 6) is 0.805. The molecule has 35 heavy (non-hydrogen) atoms. The van der Waals surface area contributed by atoms with Crippen molar-refractivity contribution in [2.24, 2.45) is 11.8 Å². The van der Waals surface area contributed by atoms with Gasteiger partial charge in [0.05, 0.1) is 6.04 Å². The van der Waals surface area contributed by atoms with Crippen molar-refractivity contribution in [2.75, 3.05) is 13.1 Å². The fraction of sp³-hybridized carbons (Fsp3) is 0.517. The molecule has 0 aromatic heterocycles. The second-order valence-corrected chi connectivity index (χ2v) is 10.2. The van der Waals surface area contributed by atoms with Gasteiger partial charge in [0.1, 0.15) is 11.6 Å². The molecule has 2 amide bonds. The van der Waals surface area contributed by atoms with Crippen molar-refractivity contribution in [3.8, 4) is 5.75 Å². The molecule has 1 N–H and O–H groups in total. The summed E-state index contributed by atoms with van der Waals surface area (Å²) in [5, 5.41) is 2.96. The molecular weight excluding hydrogens is 443 g/mol. The zero-order valence-corrected chi connectivity index (χ0v) is 21.1. The van der Waals surface area contributed by atoms with Gasteiger partial charge in [0, 0.05) is 19.0 Å². The van der Waals surface area contributed by atoms with E-state index < -0.39 is 6.10 Å². The Kier molecular flexibility index (Phi) is 8.09. The van der Waals surface area contributed by atoms with Gasteiger partial charge in [-0.2, -0.15) is 0 Å². The Morgan fingerprint density at radius 3 is 2.49 bits per heavy atom. The van der Waals surface area contributed by atoms with Gasteiger partial charge < -0.3 is 15.0 Å². The van der Waals surface area contributed by atoms with Gasteiger partial charge in [0.2, 0.25) is 5.91 Å². The fourth-order valence-corrected chi connectivity index (χ4v) is 5.22. The highest BCUT2D eigenvalue weighted by Crippen LogP contribution is 2.40. The Hall–Kier alpha value is -2.89. The van der Waals surface area contributed by atoms with Crippen molar-refractivity contribution in [2.45, 2.75) is 71.4 Å². The van der Waals surface area contributed by atoms with Crippen LogP contribution in [0.25, 0.3) is 0 Å². The Labute approximate surface area is 208 Å². The number of rotatable bonds is 8. The number of benzene rings is 2. The molecule has 5 nitrogen and oxygen atoms in total. The van der Waals surface area contributed by atoms with Crippen molar-refractivity contribution >= 4 is 11.8 Å². The van der Waals surface area contributed by atoms with Gasteiger partial charge in [-0.05, 0) is 72.6 Å². The van der Waals surface area contributed by atoms with Gasteiger partial charge in [0.15, 0.2) is 6.10 Å². The largest absolute Gasteiger partial charge is 0.481 e. The molecule has 2 aromatic rings. The molecule has 2 atom stereocenters. The maximum absolute atomic E-state index is 13.7. The number of nitrogens with one attached hydrogen (secondary N) is 1. The van der Waals surface area contributed by atoms with Crippen LogP contribution >= 0.6 is 0 Å². The summed E-state index contributed by atoms with van der Waals surface area (Å²) in [5.41, 5.74) is 3.03. The first-order chi connectivity index (χ1) is 16.9. The van der Waals surface area contributed by atoms with E-state index in [2.05, 4.69) is 19.2 Å². The van der Waals surface area contributed by atoms with Crippen LogP contribution in [0.5, 0.6) is 5.75 Å². The van der Waals surface area contributed by atoms with Crippen molar-refractivity contribution < 1.29 is 18.7 Å². The maximum Gasteiger partial charge on any atom is 0.261 e. The molecular formula is C29H37FN2O3. The number of halogens is 1. The lowest BCUT2D eigenvalue weighted by atomic mass is 9.87. The van der Waals surface area contributed by atoms with Crippen LogP contribution in [-0.4, -0.2) is 35.9 Å². The number of carbonyl (C=O) groups is 2. The third kappa shape index (κ3) is 5.85. The Morgan fingerprint density at radius 2 is 1.83 bits per heavy atom. The van der Waals surface area contributed by atoms with Crippen molar-refractivity contribution in [3.63, 3.8) is 0 Å². The molecule has 0 radical (unpaired) electrons. The highest BCUT2D eigenvalue weighted by Gasteiger charge is 2.36. The van der Waals surface area contributed by atoms with E-state index in [9.17, 15) is 14.0 Å². The number of ether oxygens (including phenoxy) is 1. The standard InChI is InChI=1S/C29H37FN2O3/c1-4-26(28(33)31-18-19(2)3)35-24-14-11-20-15-16-32(29(34)22-7-5-6-8-22)27(25(20)17-24)21-9-12-23(30)13-10-21/h9-14,17,19,22,26-27H,4-8,15-16,18H2,1-3H3,(H,31,33). The Bertz CT molecular complexity index is 1030. The third-order valence-corrected chi connectivity index (χ3v) is 7.14. The second-order valence-electron chi connectivity index (χ2n) is 10.2. The lowest BCUT2D eigenvalue weighted by molar-refractivity contribution is -0.137. The van der Waals surface area contributed by atoms with Gasteiger partial charge in [-0.15, -0.1) is 0 Å². The molecule has 1 aliphatic carbocycles. The van der Waals surface area contributed by atoms with Crippen molar-refractivity contribution in [1.29, 1.82) is 0 Å². The fourth-order valence-electron chi connectivity index (χ4n) is 5.22. The summed E-state index contributed by atoms with van der Waals surface area (Å²) in [4.78, 5) is 28.2. The summed E-state index contributed by atoms with van der Waals surface area (Å²) < 4.78 is 19.9. The first-order valence-electron chi connectivity index (χ1n) is 13.0. The smallest absolute Gasteiger partial charge is 0.261 e. The maximum atomic E-state index is 13.7. The first-order valence-corrected chi connectivity index (χ1v) is 13.0. The van der Waals surface area contributed by atoms with E-state index in [-0.39, 0.29) is 29.6 Å². The van der Waals surface area contributed by atoms with Crippen LogP contribution in [0.2, 0.25) is 0 Å². The van der Waals surface area contributed by atoms with E-state index in [0.29, 0.717) is 31.2 Å². The van der Waals surface area contributed by atoms with Crippen LogP contribution in [0.1, 0.15) is 75.6 Å². The average molecular weight is 481 g/mol. The van der Waals surface area contributed by atoms with Crippen LogP contribution in [0.3, 0.4) is 0 Å². The number of hydrogen-bond acceptors (Lipinski definition) is 3. The van der Waals surface area contributed by atoms with Gasteiger partial charge in [-0.3, -0.25) is 9.59 Å². The molecule has 2 aliphatic rings. The predicted octanol–water partition coefficient (Wildman–Crippen LogP) is 5.42. The quantitative estimate of drug-likeness (QED) is 0.549. The van der Waals surface area contributed by atoms with Crippen LogP contribution in [0, 0.1) is 17.7 Å². The molecule has 1 heterocycles. The second kappa shape index (κ2) is 11.2. The minimum absolute atomic E-state index is 0.0630. The molecule has 2 unspecified atom stereocenters. The zero-order valence-electron chi connectivity index (χ0n) is 21.1.